The van der Waals surface area contributed by atoms with Crippen molar-refractivity contribution in [1.82, 2.24) is 10.2 Å². The van der Waals surface area contributed by atoms with Crippen LogP contribution in [0.15, 0.2) is 0 Å². The molecule has 2 nitrogen and oxygen atoms in total. The predicted molar refractivity (Wildman–Crippen MR) is 74.3 cm³/mol. The molecule has 1 heterocycles. The third-order valence-corrected chi connectivity index (χ3v) is 4.68. The summed E-state index contributed by atoms with van der Waals surface area (Å²) in [5, 5.41) is 3.83. The number of piperidine rings is 1. The van der Waals surface area contributed by atoms with Crippen LogP contribution in [0, 0.1) is 11.8 Å². The van der Waals surface area contributed by atoms with Crippen LogP contribution in [0.2, 0.25) is 0 Å². The van der Waals surface area contributed by atoms with Gasteiger partial charge in [0.25, 0.3) is 0 Å². The maximum absolute atomic E-state index is 3.83. The highest BCUT2D eigenvalue weighted by atomic mass is 15.2. The molecule has 2 aliphatic rings. The van der Waals surface area contributed by atoms with Gasteiger partial charge in [0.05, 0.1) is 0 Å². The lowest BCUT2D eigenvalue weighted by atomic mass is 9.84. The lowest BCUT2D eigenvalue weighted by Crippen LogP contribution is -2.50. The van der Waals surface area contributed by atoms with E-state index in [0.29, 0.717) is 0 Å². The van der Waals surface area contributed by atoms with Gasteiger partial charge in [-0.25, -0.2) is 0 Å². The molecular weight excluding hydrogens is 208 g/mol. The molecule has 1 aliphatic heterocycles. The molecule has 2 rings (SSSR count). The number of nitrogens with zero attached hydrogens (tertiary/aromatic N) is 1. The quantitative estimate of drug-likeness (QED) is 0.765. The van der Waals surface area contributed by atoms with Gasteiger partial charge in [-0.3, -0.25) is 0 Å². The summed E-state index contributed by atoms with van der Waals surface area (Å²) in [5.74, 6) is 1.93. The van der Waals surface area contributed by atoms with Gasteiger partial charge in [0, 0.05) is 19.1 Å². The van der Waals surface area contributed by atoms with Gasteiger partial charge in [0.15, 0.2) is 0 Å². The Kier molecular flexibility index (Phi) is 5.30. The van der Waals surface area contributed by atoms with E-state index in [9.17, 15) is 0 Å². The van der Waals surface area contributed by atoms with Crippen LogP contribution in [0.5, 0.6) is 0 Å². The zero-order chi connectivity index (χ0) is 12.1. The third kappa shape index (κ3) is 3.96. The van der Waals surface area contributed by atoms with Gasteiger partial charge in [-0.15, -0.1) is 0 Å². The zero-order valence-corrected chi connectivity index (χ0v) is 11.8. The molecule has 17 heavy (non-hydrogen) atoms. The summed E-state index contributed by atoms with van der Waals surface area (Å²) >= 11 is 0. The minimum Gasteiger partial charge on any atom is -0.312 e. The van der Waals surface area contributed by atoms with Crippen LogP contribution in [0.3, 0.4) is 0 Å². The highest BCUT2D eigenvalue weighted by molar-refractivity contribution is 4.84. The first-order valence-corrected chi connectivity index (χ1v) is 7.77. The number of likely N-dealkylation sites (N-methyl/N-ethyl adjacent to an activating group) is 1. The van der Waals surface area contributed by atoms with Crippen LogP contribution in [-0.2, 0) is 0 Å². The molecule has 0 amide bonds. The van der Waals surface area contributed by atoms with Crippen LogP contribution in [-0.4, -0.2) is 37.1 Å². The summed E-state index contributed by atoms with van der Waals surface area (Å²) in [6.45, 7) is 9.75. The second-order valence-corrected chi connectivity index (χ2v) is 6.14. The van der Waals surface area contributed by atoms with Crippen LogP contribution in [0.1, 0.15) is 52.4 Å². The van der Waals surface area contributed by atoms with E-state index in [1.54, 1.807) is 0 Å². The maximum atomic E-state index is 3.83. The fourth-order valence-electron chi connectivity index (χ4n) is 3.36. The maximum Gasteiger partial charge on any atom is 0.0198 e. The summed E-state index contributed by atoms with van der Waals surface area (Å²) in [7, 11) is 0. The molecule has 1 aliphatic carbocycles. The SMILES string of the molecule is CCCC1CC(NCC2CCC2)CN(CC)C1. The molecule has 100 valence electrons. The van der Waals surface area contributed by atoms with Crippen molar-refractivity contribution in [2.24, 2.45) is 11.8 Å². The van der Waals surface area contributed by atoms with E-state index in [1.807, 2.05) is 0 Å². The summed E-state index contributed by atoms with van der Waals surface area (Å²) < 4.78 is 0. The van der Waals surface area contributed by atoms with E-state index in [2.05, 4.69) is 24.1 Å². The van der Waals surface area contributed by atoms with Crippen LogP contribution >= 0.6 is 0 Å². The number of rotatable bonds is 6. The Morgan fingerprint density at radius 2 is 1.94 bits per heavy atom. The first-order chi connectivity index (χ1) is 8.31. The molecule has 2 fully saturated rings. The van der Waals surface area contributed by atoms with E-state index in [0.717, 1.165) is 17.9 Å². The molecule has 0 radical (unpaired) electrons. The summed E-state index contributed by atoms with van der Waals surface area (Å²) in [6.07, 6.45) is 8.58. The van der Waals surface area contributed by atoms with Crippen molar-refractivity contribution in [1.29, 1.82) is 0 Å². The lowest BCUT2D eigenvalue weighted by Gasteiger charge is -2.39. The minimum atomic E-state index is 0.765. The number of hydrogen-bond acceptors (Lipinski definition) is 2. The summed E-state index contributed by atoms with van der Waals surface area (Å²) in [6, 6.07) is 0.765. The average molecular weight is 238 g/mol. The molecule has 2 atom stereocenters. The molecule has 0 aromatic heterocycles. The zero-order valence-electron chi connectivity index (χ0n) is 11.8. The smallest absolute Gasteiger partial charge is 0.0198 e. The normalized spacial score (nSPS) is 31.4. The topological polar surface area (TPSA) is 15.3 Å². The minimum absolute atomic E-state index is 0.765. The molecule has 0 aromatic carbocycles. The van der Waals surface area contributed by atoms with Gasteiger partial charge in [0.1, 0.15) is 0 Å². The Bertz CT molecular complexity index is 213. The van der Waals surface area contributed by atoms with Crippen molar-refractivity contribution in [3.8, 4) is 0 Å². The molecule has 0 bridgehead atoms. The van der Waals surface area contributed by atoms with E-state index in [1.165, 1.54) is 64.7 Å². The standard InChI is InChI=1S/C15H30N2/c1-3-6-14-9-15(12-17(4-2)11-14)16-10-13-7-5-8-13/h13-16H,3-12H2,1-2H3. The fraction of sp³-hybridized carbons (Fsp3) is 1.00. The van der Waals surface area contributed by atoms with Crippen molar-refractivity contribution in [2.45, 2.75) is 58.4 Å². The molecule has 2 heteroatoms. The van der Waals surface area contributed by atoms with Crippen LogP contribution < -0.4 is 5.32 Å². The van der Waals surface area contributed by atoms with Crippen LogP contribution in [0.4, 0.5) is 0 Å². The summed E-state index contributed by atoms with van der Waals surface area (Å²) in [5.41, 5.74) is 0. The van der Waals surface area contributed by atoms with E-state index in [4.69, 9.17) is 0 Å². The Balaban J connectivity index is 1.74. The first-order valence-electron chi connectivity index (χ1n) is 7.77. The molecular formula is C15H30N2. The van der Waals surface area contributed by atoms with Gasteiger partial charge in [-0.1, -0.05) is 26.7 Å². The third-order valence-electron chi connectivity index (χ3n) is 4.68. The first kappa shape index (κ1) is 13.4. The highest BCUT2D eigenvalue weighted by Crippen LogP contribution is 2.26. The highest BCUT2D eigenvalue weighted by Gasteiger charge is 2.26. The van der Waals surface area contributed by atoms with Crippen LogP contribution in [0.25, 0.3) is 0 Å². The van der Waals surface area contributed by atoms with Gasteiger partial charge < -0.3 is 10.2 Å². The van der Waals surface area contributed by atoms with Crippen molar-refractivity contribution < 1.29 is 0 Å². The largest absolute Gasteiger partial charge is 0.312 e. The second kappa shape index (κ2) is 6.75. The van der Waals surface area contributed by atoms with Crippen molar-refractivity contribution in [3.05, 3.63) is 0 Å². The Morgan fingerprint density at radius 1 is 1.12 bits per heavy atom. The molecule has 1 saturated heterocycles. The van der Waals surface area contributed by atoms with Crippen molar-refractivity contribution in [3.63, 3.8) is 0 Å². The second-order valence-electron chi connectivity index (χ2n) is 6.14. The van der Waals surface area contributed by atoms with Gasteiger partial charge in [-0.2, -0.15) is 0 Å². The van der Waals surface area contributed by atoms with E-state index < -0.39 is 0 Å². The lowest BCUT2D eigenvalue weighted by molar-refractivity contribution is 0.135. The van der Waals surface area contributed by atoms with Gasteiger partial charge >= 0.3 is 0 Å². The molecule has 0 spiro atoms. The number of nitrogens with one attached hydrogen (secondary N) is 1. The van der Waals surface area contributed by atoms with Crippen molar-refractivity contribution in [2.75, 3.05) is 26.2 Å². The van der Waals surface area contributed by atoms with Gasteiger partial charge in [0.2, 0.25) is 0 Å². The Labute approximate surface area is 107 Å². The molecule has 1 N–H and O–H groups in total. The van der Waals surface area contributed by atoms with Gasteiger partial charge in [-0.05, 0) is 50.6 Å². The Morgan fingerprint density at radius 3 is 2.53 bits per heavy atom. The van der Waals surface area contributed by atoms with Crippen molar-refractivity contribution >= 4 is 0 Å². The number of likely N-dealkylation sites (tertiary alicyclic amines) is 1. The summed E-state index contributed by atoms with van der Waals surface area (Å²) in [4.78, 5) is 2.64. The molecule has 1 saturated carbocycles. The number of hydrogen-bond donors (Lipinski definition) is 1. The molecule has 0 aromatic rings. The average Bonchev–Trinajstić information content (AvgIpc) is 2.27. The predicted octanol–water partition coefficient (Wildman–Crippen LogP) is 2.89. The van der Waals surface area contributed by atoms with E-state index in [-0.39, 0.29) is 0 Å². The fourth-order valence-corrected chi connectivity index (χ4v) is 3.36. The van der Waals surface area contributed by atoms with E-state index >= 15 is 0 Å². The molecule has 2 unspecified atom stereocenters. The monoisotopic (exact) mass is 238 g/mol. The Hall–Kier alpha value is -0.0800.